The molecule has 0 aliphatic rings. The Bertz CT molecular complexity index is 707. The van der Waals surface area contributed by atoms with Crippen LogP contribution in [0.25, 0.3) is 11.1 Å². The van der Waals surface area contributed by atoms with Gasteiger partial charge in [0.25, 0.3) is 5.91 Å². The Kier molecular flexibility index (Phi) is 4.94. The summed E-state index contributed by atoms with van der Waals surface area (Å²) in [6, 6.07) is 10.6. The van der Waals surface area contributed by atoms with Gasteiger partial charge in [0.15, 0.2) is 6.29 Å². The summed E-state index contributed by atoms with van der Waals surface area (Å²) in [5, 5.41) is 12.6. The van der Waals surface area contributed by atoms with Crippen LogP contribution in [0.15, 0.2) is 36.4 Å². The minimum Gasteiger partial charge on any atom is -0.507 e. The number of aryl methyl sites for hydroxylation is 1. The van der Waals surface area contributed by atoms with Crippen molar-refractivity contribution < 1.29 is 14.7 Å². The molecule has 114 valence electrons. The van der Waals surface area contributed by atoms with Crippen molar-refractivity contribution in [3.05, 3.63) is 53.1 Å². The molecule has 0 saturated carbocycles. The van der Waals surface area contributed by atoms with Gasteiger partial charge in [0.1, 0.15) is 5.75 Å². The van der Waals surface area contributed by atoms with E-state index in [1.165, 1.54) is 0 Å². The van der Waals surface area contributed by atoms with E-state index in [-0.39, 0.29) is 17.2 Å². The Morgan fingerprint density at radius 1 is 1.23 bits per heavy atom. The van der Waals surface area contributed by atoms with E-state index < -0.39 is 0 Å². The fourth-order valence-corrected chi connectivity index (χ4v) is 2.24. The maximum absolute atomic E-state index is 12.0. The van der Waals surface area contributed by atoms with Gasteiger partial charge in [-0.1, -0.05) is 19.1 Å². The van der Waals surface area contributed by atoms with Crippen molar-refractivity contribution in [1.29, 1.82) is 0 Å². The number of benzene rings is 2. The molecule has 0 fully saturated rings. The summed E-state index contributed by atoms with van der Waals surface area (Å²) in [5.41, 5.74) is 3.07. The van der Waals surface area contributed by atoms with Crippen molar-refractivity contribution >= 4 is 12.2 Å². The molecule has 0 spiro atoms. The van der Waals surface area contributed by atoms with Crippen LogP contribution in [-0.4, -0.2) is 23.8 Å². The van der Waals surface area contributed by atoms with Crippen LogP contribution < -0.4 is 5.32 Å². The van der Waals surface area contributed by atoms with Crippen LogP contribution in [-0.2, 0) is 0 Å². The number of hydrogen-bond donors (Lipinski definition) is 2. The lowest BCUT2D eigenvalue weighted by Gasteiger charge is -2.09. The van der Waals surface area contributed by atoms with Gasteiger partial charge in [-0.3, -0.25) is 9.59 Å². The summed E-state index contributed by atoms with van der Waals surface area (Å²) in [4.78, 5) is 23.1. The van der Waals surface area contributed by atoms with Gasteiger partial charge in [0.2, 0.25) is 0 Å². The first-order valence-electron chi connectivity index (χ1n) is 7.24. The van der Waals surface area contributed by atoms with E-state index in [9.17, 15) is 14.7 Å². The van der Waals surface area contributed by atoms with E-state index in [1.54, 1.807) is 37.3 Å². The Morgan fingerprint density at radius 2 is 2.00 bits per heavy atom. The molecule has 0 heterocycles. The Labute approximate surface area is 129 Å². The quantitative estimate of drug-likeness (QED) is 0.832. The Balaban J connectivity index is 2.39. The highest BCUT2D eigenvalue weighted by molar-refractivity contribution is 5.95. The second-order valence-corrected chi connectivity index (χ2v) is 5.19. The van der Waals surface area contributed by atoms with E-state index in [1.807, 2.05) is 13.0 Å². The van der Waals surface area contributed by atoms with Crippen molar-refractivity contribution in [3.8, 4) is 16.9 Å². The molecular weight excluding hydrogens is 278 g/mol. The third kappa shape index (κ3) is 3.34. The second-order valence-electron chi connectivity index (χ2n) is 5.19. The molecule has 0 bridgehead atoms. The van der Waals surface area contributed by atoms with Gasteiger partial charge in [-0.05, 0) is 54.3 Å². The zero-order valence-electron chi connectivity index (χ0n) is 12.7. The number of amides is 1. The van der Waals surface area contributed by atoms with Crippen molar-refractivity contribution in [3.63, 3.8) is 0 Å². The standard InChI is InChI=1S/C18H19NO3/c1-3-7-19-18(22)14-6-4-5-13(9-14)15-8-12(2)17(21)16(10-15)11-20/h4-6,8-11,21H,3,7H2,1-2H3,(H,19,22). The van der Waals surface area contributed by atoms with E-state index in [4.69, 9.17) is 0 Å². The molecule has 22 heavy (non-hydrogen) atoms. The van der Waals surface area contributed by atoms with Gasteiger partial charge >= 0.3 is 0 Å². The van der Waals surface area contributed by atoms with Gasteiger partial charge in [0.05, 0.1) is 5.56 Å². The number of rotatable bonds is 5. The lowest BCUT2D eigenvalue weighted by atomic mass is 9.98. The van der Waals surface area contributed by atoms with Gasteiger partial charge in [-0.25, -0.2) is 0 Å². The minimum absolute atomic E-state index is 0.00408. The van der Waals surface area contributed by atoms with Crippen LogP contribution in [0.4, 0.5) is 0 Å². The average molecular weight is 297 g/mol. The number of aromatic hydroxyl groups is 1. The van der Waals surface area contributed by atoms with E-state index >= 15 is 0 Å². The van der Waals surface area contributed by atoms with Crippen LogP contribution in [0.5, 0.6) is 5.75 Å². The van der Waals surface area contributed by atoms with Gasteiger partial charge in [-0.15, -0.1) is 0 Å². The van der Waals surface area contributed by atoms with Crippen LogP contribution in [0, 0.1) is 6.92 Å². The zero-order valence-corrected chi connectivity index (χ0v) is 12.7. The van der Waals surface area contributed by atoms with Crippen LogP contribution in [0.1, 0.15) is 39.6 Å². The molecule has 0 saturated heterocycles. The smallest absolute Gasteiger partial charge is 0.251 e. The number of hydrogen-bond acceptors (Lipinski definition) is 3. The molecule has 1 amide bonds. The van der Waals surface area contributed by atoms with Crippen molar-refractivity contribution in [2.75, 3.05) is 6.54 Å². The van der Waals surface area contributed by atoms with Crippen molar-refractivity contribution in [1.82, 2.24) is 5.32 Å². The average Bonchev–Trinajstić information content (AvgIpc) is 2.55. The number of phenolic OH excluding ortho intramolecular Hbond substituents is 1. The van der Waals surface area contributed by atoms with Gasteiger partial charge in [0, 0.05) is 12.1 Å². The molecule has 0 aromatic heterocycles. The number of nitrogens with one attached hydrogen (secondary N) is 1. The summed E-state index contributed by atoms with van der Waals surface area (Å²) < 4.78 is 0. The second kappa shape index (κ2) is 6.89. The predicted molar refractivity (Wildman–Crippen MR) is 86.3 cm³/mol. The first-order chi connectivity index (χ1) is 10.6. The largest absolute Gasteiger partial charge is 0.507 e. The maximum atomic E-state index is 12.0. The third-order valence-electron chi connectivity index (χ3n) is 3.45. The van der Waals surface area contributed by atoms with E-state index in [2.05, 4.69) is 5.32 Å². The molecule has 0 aliphatic carbocycles. The van der Waals surface area contributed by atoms with Crippen molar-refractivity contribution in [2.24, 2.45) is 0 Å². The number of carbonyl (C=O) groups is 2. The lowest BCUT2D eigenvalue weighted by Crippen LogP contribution is -2.23. The van der Waals surface area contributed by atoms with Crippen LogP contribution in [0.2, 0.25) is 0 Å². The molecule has 4 nitrogen and oxygen atoms in total. The predicted octanol–water partition coefficient (Wildman–Crippen LogP) is 3.32. The highest BCUT2D eigenvalue weighted by Crippen LogP contribution is 2.29. The van der Waals surface area contributed by atoms with E-state index in [0.29, 0.717) is 24.0 Å². The normalized spacial score (nSPS) is 10.3. The van der Waals surface area contributed by atoms with Gasteiger partial charge in [-0.2, -0.15) is 0 Å². The summed E-state index contributed by atoms with van der Waals surface area (Å²) in [6.45, 7) is 4.37. The number of aldehydes is 1. The summed E-state index contributed by atoms with van der Waals surface area (Å²) in [6.07, 6.45) is 1.51. The number of carbonyl (C=O) groups excluding carboxylic acids is 2. The lowest BCUT2D eigenvalue weighted by molar-refractivity contribution is 0.0953. The highest BCUT2D eigenvalue weighted by atomic mass is 16.3. The molecule has 2 aromatic carbocycles. The first kappa shape index (κ1) is 15.8. The topological polar surface area (TPSA) is 66.4 Å². The molecule has 2 aromatic rings. The molecule has 0 aliphatic heterocycles. The molecule has 2 N–H and O–H groups in total. The number of phenols is 1. The Hall–Kier alpha value is -2.62. The Morgan fingerprint density at radius 3 is 2.68 bits per heavy atom. The first-order valence-corrected chi connectivity index (χ1v) is 7.24. The fourth-order valence-electron chi connectivity index (χ4n) is 2.24. The molecule has 0 unspecified atom stereocenters. The monoisotopic (exact) mass is 297 g/mol. The minimum atomic E-state index is -0.116. The molecule has 0 atom stereocenters. The van der Waals surface area contributed by atoms with Gasteiger partial charge < -0.3 is 10.4 Å². The fraction of sp³-hybridized carbons (Fsp3) is 0.222. The van der Waals surface area contributed by atoms with Crippen LogP contribution >= 0.6 is 0 Å². The van der Waals surface area contributed by atoms with Crippen molar-refractivity contribution in [2.45, 2.75) is 20.3 Å². The summed E-state index contributed by atoms with van der Waals surface area (Å²) in [5.74, 6) is -0.120. The third-order valence-corrected chi connectivity index (χ3v) is 3.45. The highest BCUT2D eigenvalue weighted by Gasteiger charge is 2.10. The molecular formula is C18H19NO3. The SMILES string of the molecule is CCCNC(=O)c1cccc(-c2cc(C)c(O)c(C=O)c2)c1. The van der Waals surface area contributed by atoms with E-state index in [0.717, 1.165) is 17.5 Å². The molecule has 0 radical (unpaired) electrons. The summed E-state index contributed by atoms with van der Waals surface area (Å²) in [7, 11) is 0. The molecule has 4 heteroatoms. The maximum Gasteiger partial charge on any atom is 0.251 e. The van der Waals surface area contributed by atoms with Crippen LogP contribution in [0.3, 0.4) is 0 Å². The summed E-state index contributed by atoms with van der Waals surface area (Å²) >= 11 is 0. The zero-order chi connectivity index (χ0) is 16.1. The molecule has 2 rings (SSSR count).